The Morgan fingerprint density at radius 3 is 2.39 bits per heavy atom. The van der Waals surface area contributed by atoms with Crippen molar-refractivity contribution in [3.05, 3.63) is 71.2 Å². The summed E-state index contributed by atoms with van der Waals surface area (Å²) >= 11 is 0. The predicted molar refractivity (Wildman–Crippen MR) is 156 cm³/mol. The lowest BCUT2D eigenvalue weighted by molar-refractivity contribution is -0.202. The van der Waals surface area contributed by atoms with Crippen LogP contribution in [0.1, 0.15) is 33.5 Å². The third-order valence-electron chi connectivity index (χ3n) is 6.56. The van der Waals surface area contributed by atoms with Crippen LogP contribution < -0.4 is 15.4 Å². The minimum atomic E-state index is -5.53. The molecule has 1 atom stereocenters. The lowest BCUT2D eigenvalue weighted by Crippen LogP contribution is -2.50. The number of nitrogens with zero attached hydrogens (tertiary/aromatic N) is 3. The maximum Gasteiger partial charge on any atom is 0.491 e. The minimum absolute atomic E-state index is 0.0363. The maximum absolute atomic E-state index is 13.2. The van der Waals surface area contributed by atoms with Gasteiger partial charge in [-0.1, -0.05) is 17.7 Å². The first-order valence-electron chi connectivity index (χ1n) is 13.5. The normalized spacial score (nSPS) is 12.5. The molecule has 0 spiro atoms. The van der Waals surface area contributed by atoms with E-state index in [2.05, 4.69) is 30.4 Å². The molecule has 4 aromatic rings. The van der Waals surface area contributed by atoms with E-state index in [4.69, 9.17) is 0 Å². The molecule has 4 rings (SSSR count). The number of nitrogens with one attached hydrogen (secondary N) is 4. The molecule has 0 saturated carbocycles. The van der Waals surface area contributed by atoms with Crippen LogP contribution in [-0.4, -0.2) is 70.7 Å². The first-order chi connectivity index (χ1) is 21.5. The standard InChI is InChI=1S/C28H28F3N7O7S/c1-15-10-16(2)23(17(3)11-15)46(43,44)37-20(25(41)45-26(42)28(29,30)31)14-34-24(40)18-4-5-21-19(12-18)13-35-38(21)9-6-22(39)36-27-32-7-8-33-27/h4-5,7-8,10-13,20,37H,6,9,14H2,1-3H3,(H,34,40)(H2,32,33,36,39)/t20-/m0/s1. The zero-order valence-corrected chi connectivity index (χ0v) is 25.4. The third kappa shape index (κ3) is 8.13. The number of amides is 2. The molecular formula is C28H28F3N7O7S. The zero-order chi connectivity index (χ0) is 33.8. The summed E-state index contributed by atoms with van der Waals surface area (Å²) in [5.41, 5.74) is 1.94. The Balaban J connectivity index is 1.48. The number of hydrogen-bond donors (Lipinski definition) is 4. The summed E-state index contributed by atoms with van der Waals surface area (Å²) in [6, 6.07) is 5.36. The highest BCUT2D eigenvalue weighted by Crippen LogP contribution is 2.23. The molecule has 0 aliphatic carbocycles. The number of alkyl halides is 3. The van der Waals surface area contributed by atoms with Crippen molar-refractivity contribution in [1.82, 2.24) is 29.8 Å². The highest BCUT2D eigenvalue weighted by atomic mass is 32.2. The van der Waals surface area contributed by atoms with E-state index in [1.165, 1.54) is 43.1 Å². The first kappa shape index (κ1) is 33.8. The summed E-state index contributed by atoms with van der Waals surface area (Å²) in [6.07, 6.45) is -0.992. The van der Waals surface area contributed by atoms with Crippen molar-refractivity contribution >= 4 is 50.6 Å². The molecule has 2 aromatic heterocycles. The average Bonchev–Trinajstić information content (AvgIpc) is 3.62. The van der Waals surface area contributed by atoms with Gasteiger partial charge in [0, 0.05) is 36.3 Å². The van der Waals surface area contributed by atoms with Gasteiger partial charge in [-0.05, 0) is 50.1 Å². The number of carbonyl (C=O) groups excluding carboxylic acids is 4. The molecule has 4 N–H and O–H groups in total. The van der Waals surface area contributed by atoms with Crippen molar-refractivity contribution in [3.8, 4) is 0 Å². The number of esters is 2. The number of imidazole rings is 1. The molecule has 0 unspecified atom stereocenters. The number of sulfonamides is 1. The molecule has 0 bridgehead atoms. The van der Waals surface area contributed by atoms with Gasteiger partial charge in [-0.25, -0.2) is 23.0 Å². The summed E-state index contributed by atoms with van der Waals surface area (Å²) in [6.45, 7) is 4.04. The van der Waals surface area contributed by atoms with E-state index in [0.717, 1.165) is 5.56 Å². The summed E-state index contributed by atoms with van der Waals surface area (Å²) in [4.78, 5) is 55.5. The Bertz CT molecular complexity index is 1880. The fourth-order valence-electron chi connectivity index (χ4n) is 4.67. The number of aryl methyl sites for hydroxylation is 4. The number of H-pyrrole nitrogens is 1. The van der Waals surface area contributed by atoms with Gasteiger partial charge < -0.3 is 15.0 Å². The predicted octanol–water partition coefficient (Wildman–Crippen LogP) is 2.42. The van der Waals surface area contributed by atoms with Crippen molar-refractivity contribution in [1.29, 1.82) is 0 Å². The van der Waals surface area contributed by atoms with Crippen molar-refractivity contribution in [3.63, 3.8) is 0 Å². The molecule has 244 valence electrons. The van der Waals surface area contributed by atoms with Crippen LogP contribution in [0.25, 0.3) is 10.9 Å². The van der Waals surface area contributed by atoms with Gasteiger partial charge in [0.2, 0.25) is 21.9 Å². The van der Waals surface area contributed by atoms with Gasteiger partial charge in [-0.15, -0.1) is 0 Å². The summed E-state index contributed by atoms with van der Waals surface area (Å²) in [5.74, 6) is -5.57. The Labute approximate surface area is 259 Å². The number of benzene rings is 2. The Morgan fingerprint density at radius 1 is 1.07 bits per heavy atom. The Morgan fingerprint density at radius 2 is 1.76 bits per heavy atom. The van der Waals surface area contributed by atoms with E-state index < -0.39 is 46.6 Å². The number of anilines is 1. The van der Waals surface area contributed by atoms with Crippen LogP contribution in [0.5, 0.6) is 0 Å². The van der Waals surface area contributed by atoms with E-state index in [1.54, 1.807) is 31.3 Å². The van der Waals surface area contributed by atoms with Gasteiger partial charge in [0.1, 0.15) is 6.04 Å². The highest BCUT2D eigenvalue weighted by Gasteiger charge is 2.44. The lowest BCUT2D eigenvalue weighted by atomic mass is 10.1. The largest absolute Gasteiger partial charge is 0.491 e. The van der Waals surface area contributed by atoms with Crippen LogP contribution in [-0.2, 0) is 35.7 Å². The molecular weight excluding hydrogens is 635 g/mol. The molecule has 46 heavy (non-hydrogen) atoms. The number of fused-ring (bicyclic) bond motifs is 1. The van der Waals surface area contributed by atoms with Crippen LogP contribution in [0.2, 0.25) is 0 Å². The molecule has 0 radical (unpaired) electrons. The maximum atomic E-state index is 13.2. The molecule has 0 aliphatic heterocycles. The average molecular weight is 664 g/mol. The number of aromatic nitrogens is 4. The smallest absolute Gasteiger partial charge is 0.385 e. The van der Waals surface area contributed by atoms with Crippen LogP contribution in [0.4, 0.5) is 19.1 Å². The van der Waals surface area contributed by atoms with E-state index in [9.17, 15) is 40.8 Å². The van der Waals surface area contributed by atoms with Gasteiger partial charge in [0.15, 0.2) is 0 Å². The quantitative estimate of drug-likeness (QED) is 0.138. The van der Waals surface area contributed by atoms with E-state index >= 15 is 0 Å². The third-order valence-corrected chi connectivity index (χ3v) is 8.33. The number of rotatable bonds is 11. The van der Waals surface area contributed by atoms with Gasteiger partial charge in [-0.2, -0.15) is 23.0 Å². The van der Waals surface area contributed by atoms with Crippen LogP contribution in [0.3, 0.4) is 0 Å². The van der Waals surface area contributed by atoms with Crippen molar-refractivity contribution in [2.45, 2.75) is 50.9 Å². The molecule has 0 aliphatic rings. The molecule has 2 amide bonds. The number of ether oxygens (including phenoxy) is 1. The number of carbonyl (C=O) groups is 4. The molecule has 14 nitrogen and oxygen atoms in total. The van der Waals surface area contributed by atoms with E-state index in [1.807, 2.05) is 4.72 Å². The fraction of sp³-hybridized carbons (Fsp3) is 0.286. The molecule has 2 aromatic carbocycles. The van der Waals surface area contributed by atoms with Crippen LogP contribution in [0, 0.1) is 20.8 Å². The summed E-state index contributed by atoms with van der Waals surface area (Å²) < 4.78 is 72.2. The van der Waals surface area contributed by atoms with Crippen molar-refractivity contribution in [2.75, 3.05) is 11.9 Å². The number of aromatic amines is 1. The SMILES string of the molecule is Cc1cc(C)c(S(=O)(=O)N[C@@H](CNC(=O)c2ccc3c(cnn3CCC(=O)Nc3ncc[nH]3)c2)C(=O)OC(=O)C(F)(F)F)c(C)c1. The zero-order valence-electron chi connectivity index (χ0n) is 24.6. The number of halogens is 3. The van der Waals surface area contributed by atoms with Gasteiger partial charge in [0.25, 0.3) is 5.91 Å². The topological polar surface area (TPSA) is 194 Å². The van der Waals surface area contributed by atoms with Gasteiger partial charge in [0.05, 0.1) is 23.2 Å². The fourth-order valence-corrected chi connectivity index (χ4v) is 6.31. The Kier molecular flexibility index (Phi) is 9.91. The number of hydrogen-bond acceptors (Lipinski definition) is 9. The molecule has 18 heteroatoms. The second-order valence-electron chi connectivity index (χ2n) is 10.2. The van der Waals surface area contributed by atoms with Crippen molar-refractivity contribution in [2.24, 2.45) is 0 Å². The summed E-state index contributed by atoms with van der Waals surface area (Å²) in [7, 11) is -4.56. The van der Waals surface area contributed by atoms with Gasteiger partial charge >= 0.3 is 18.1 Å². The second-order valence-corrected chi connectivity index (χ2v) is 11.8. The van der Waals surface area contributed by atoms with E-state index in [-0.39, 0.29) is 29.3 Å². The van der Waals surface area contributed by atoms with Gasteiger partial charge in [-0.3, -0.25) is 19.6 Å². The first-order valence-corrected chi connectivity index (χ1v) is 15.0. The van der Waals surface area contributed by atoms with Crippen LogP contribution >= 0.6 is 0 Å². The molecule has 0 fully saturated rings. The van der Waals surface area contributed by atoms with Crippen molar-refractivity contribution < 1.29 is 45.5 Å². The molecule has 0 saturated heterocycles. The van der Waals surface area contributed by atoms with E-state index in [0.29, 0.717) is 28.0 Å². The highest BCUT2D eigenvalue weighted by molar-refractivity contribution is 7.89. The van der Waals surface area contributed by atoms with Crippen LogP contribution in [0.15, 0.2) is 53.8 Å². The minimum Gasteiger partial charge on any atom is -0.385 e. The Hall–Kier alpha value is -5.10. The lowest BCUT2D eigenvalue weighted by Gasteiger charge is -2.20. The summed E-state index contributed by atoms with van der Waals surface area (Å²) in [5, 5.41) is 9.59. The monoisotopic (exact) mass is 663 g/mol. The molecule has 2 heterocycles. The second kappa shape index (κ2) is 13.5.